The number of benzene rings is 1. The van der Waals surface area contributed by atoms with Gasteiger partial charge in [0.15, 0.2) is 0 Å². The van der Waals surface area contributed by atoms with E-state index in [4.69, 9.17) is 0 Å². The van der Waals surface area contributed by atoms with E-state index in [1.807, 2.05) is 19.9 Å². The van der Waals surface area contributed by atoms with Gasteiger partial charge in [-0.15, -0.1) is 0 Å². The minimum atomic E-state index is -1.000. The van der Waals surface area contributed by atoms with Crippen LogP contribution in [0.2, 0.25) is 0 Å². The standard InChI is InChI=1S/C13H14O4/c1-8-4-5-10(6-9(8)2)11(14)7-12(15)13(16)17-3/h4-7,14H,1-3H3. The molecule has 0 unspecified atom stereocenters. The third kappa shape index (κ3) is 3.17. The van der Waals surface area contributed by atoms with Crippen molar-refractivity contribution < 1.29 is 19.4 Å². The minimum Gasteiger partial charge on any atom is -0.507 e. The second-order valence-electron chi connectivity index (χ2n) is 3.68. The molecule has 0 aromatic heterocycles. The van der Waals surface area contributed by atoms with Crippen LogP contribution in [0.4, 0.5) is 0 Å². The molecule has 0 saturated carbocycles. The zero-order valence-corrected chi connectivity index (χ0v) is 9.98. The Morgan fingerprint density at radius 2 is 1.88 bits per heavy atom. The molecule has 0 heterocycles. The topological polar surface area (TPSA) is 63.6 Å². The maximum atomic E-state index is 11.2. The number of rotatable bonds is 3. The predicted molar refractivity (Wildman–Crippen MR) is 63.5 cm³/mol. The van der Waals surface area contributed by atoms with Crippen molar-refractivity contribution in [3.05, 3.63) is 41.0 Å². The van der Waals surface area contributed by atoms with E-state index in [0.717, 1.165) is 24.3 Å². The number of esters is 1. The predicted octanol–water partition coefficient (Wildman–Crippen LogP) is 1.94. The number of methoxy groups -OCH3 is 1. The van der Waals surface area contributed by atoms with Gasteiger partial charge in [-0.25, -0.2) is 4.79 Å². The van der Waals surface area contributed by atoms with E-state index in [2.05, 4.69) is 4.74 Å². The lowest BCUT2D eigenvalue weighted by Crippen LogP contribution is -2.13. The van der Waals surface area contributed by atoms with Crippen molar-refractivity contribution in [3.63, 3.8) is 0 Å². The van der Waals surface area contributed by atoms with Crippen LogP contribution in [-0.4, -0.2) is 24.0 Å². The number of aryl methyl sites for hydroxylation is 2. The van der Waals surface area contributed by atoms with Crippen LogP contribution in [0.15, 0.2) is 24.3 Å². The summed E-state index contributed by atoms with van der Waals surface area (Å²) in [7, 11) is 1.11. The first-order valence-electron chi connectivity index (χ1n) is 5.06. The summed E-state index contributed by atoms with van der Waals surface area (Å²) in [6.07, 6.45) is 0.857. The van der Waals surface area contributed by atoms with Gasteiger partial charge in [0, 0.05) is 11.6 Å². The normalized spacial score (nSPS) is 11.1. The van der Waals surface area contributed by atoms with Crippen molar-refractivity contribution in [2.75, 3.05) is 7.11 Å². The Kier molecular flexibility index (Phi) is 4.04. The highest BCUT2D eigenvalue weighted by molar-refractivity contribution is 6.39. The summed E-state index contributed by atoms with van der Waals surface area (Å²) in [5.74, 6) is -2.13. The van der Waals surface area contributed by atoms with Crippen molar-refractivity contribution in [3.8, 4) is 0 Å². The average molecular weight is 234 g/mol. The Bertz CT molecular complexity index is 486. The Morgan fingerprint density at radius 3 is 2.41 bits per heavy atom. The lowest BCUT2D eigenvalue weighted by Gasteiger charge is -2.04. The fourth-order valence-corrected chi connectivity index (χ4v) is 1.27. The molecule has 4 nitrogen and oxygen atoms in total. The molecule has 17 heavy (non-hydrogen) atoms. The van der Waals surface area contributed by atoms with Crippen LogP contribution in [0, 0.1) is 13.8 Å². The molecule has 0 bridgehead atoms. The van der Waals surface area contributed by atoms with Gasteiger partial charge in [-0.05, 0) is 31.0 Å². The average Bonchev–Trinajstić information content (AvgIpc) is 2.31. The second-order valence-corrected chi connectivity index (χ2v) is 3.68. The maximum absolute atomic E-state index is 11.2. The van der Waals surface area contributed by atoms with Gasteiger partial charge in [0.05, 0.1) is 7.11 Å². The monoisotopic (exact) mass is 234 g/mol. The fraction of sp³-hybridized carbons (Fsp3) is 0.231. The molecule has 0 aliphatic rings. The lowest BCUT2D eigenvalue weighted by atomic mass is 10.0. The van der Waals surface area contributed by atoms with Crippen LogP contribution < -0.4 is 0 Å². The lowest BCUT2D eigenvalue weighted by molar-refractivity contribution is -0.149. The van der Waals surface area contributed by atoms with Gasteiger partial charge in [-0.2, -0.15) is 0 Å². The van der Waals surface area contributed by atoms with Crippen molar-refractivity contribution in [2.45, 2.75) is 13.8 Å². The maximum Gasteiger partial charge on any atom is 0.378 e. The van der Waals surface area contributed by atoms with E-state index in [-0.39, 0.29) is 5.76 Å². The molecular formula is C13H14O4. The Morgan fingerprint density at radius 1 is 1.24 bits per heavy atom. The van der Waals surface area contributed by atoms with E-state index in [1.54, 1.807) is 12.1 Å². The number of aliphatic hydroxyl groups is 1. The van der Waals surface area contributed by atoms with Crippen molar-refractivity contribution >= 4 is 17.5 Å². The third-order valence-corrected chi connectivity index (χ3v) is 2.46. The third-order valence-electron chi connectivity index (χ3n) is 2.46. The minimum absolute atomic E-state index is 0.247. The van der Waals surface area contributed by atoms with E-state index < -0.39 is 11.8 Å². The first-order chi connectivity index (χ1) is 7.95. The molecule has 1 aromatic carbocycles. The van der Waals surface area contributed by atoms with Gasteiger partial charge < -0.3 is 9.84 Å². The van der Waals surface area contributed by atoms with E-state index >= 15 is 0 Å². The number of ether oxygens (including phenoxy) is 1. The van der Waals surface area contributed by atoms with Crippen LogP contribution in [-0.2, 0) is 14.3 Å². The van der Waals surface area contributed by atoms with Crippen LogP contribution in [0.1, 0.15) is 16.7 Å². The molecule has 0 amide bonds. The summed E-state index contributed by atoms with van der Waals surface area (Å²) in [4.78, 5) is 22.1. The molecule has 0 saturated heterocycles. The molecular weight excluding hydrogens is 220 g/mol. The Hall–Kier alpha value is -2.10. The largest absolute Gasteiger partial charge is 0.507 e. The molecule has 1 N–H and O–H groups in total. The summed E-state index contributed by atoms with van der Waals surface area (Å²) < 4.78 is 4.25. The number of aliphatic hydroxyl groups excluding tert-OH is 1. The first kappa shape index (κ1) is 13.0. The molecule has 0 spiro atoms. The van der Waals surface area contributed by atoms with Gasteiger partial charge in [0.1, 0.15) is 5.76 Å². The molecule has 1 rings (SSSR count). The van der Waals surface area contributed by atoms with Crippen molar-refractivity contribution in [1.29, 1.82) is 0 Å². The molecule has 0 radical (unpaired) electrons. The Balaban J connectivity index is 3.00. The molecule has 1 aromatic rings. The molecule has 0 aliphatic carbocycles. The van der Waals surface area contributed by atoms with Crippen LogP contribution in [0.5, 0.6) is 0 Å². The number of ketones is 1. The summed E-state index contributed by atoms with van der Waals surface area (Å²) in [6, 6.07) is 5.25. The van der Waals surface area contributed by atoms with Gasteiger partial charge in [-0.3, -0.25) is 4.79 Å². The summed E-state index contributed by atoms with van der Waals surface area (Å²) >= 11 is 0. The van der Waals surface area contributed by atoms with Crippen molar-refractivity contribution in [2.24, 2.45) is 0 Å². The molecule has 0 aliphatic heterocycles. The van der Waals surface area contributed by atoms with E-state index in [0.29, 0.717) is 5.56 Å². The highest BCUT2D eigenvalue weighted by Gasteiger charge is 2.12. The van der Waals surface area contributed by atoms with Crippen LogP contribution in [0.3, 0.4) is 0 Å². The smallest absolute Gasteiger partial charge is 0.378 e. The summed E-state index contributed by atoms with van der Waals surface area (Å²) in [5.41, 5.74) is 2.57. The van der Waals surface area contributed by atoms with Gasteiger partial charge in [0.25, 0.3) is 5.78 Å². The highest BCUT2D eigenvalue weighted by Crippen LogP contribution is 2.16. The zero-order chi connectivity index (χ0) is 13.0. The number of hydrogen-bond acceptors (Lipinski definition) is 4. The van der Waals surface area contributed by atoms with Crippen molar-refractivity contribution in [1.82, 2.24) is 0 Å². The second kappa shape index (κ2) is 5.30. The summed E-state index contributed by atoms with van der Waals surface area (Å²) in [5, 5.41) is 9.68. The molecule has 0 fully saturated rings. The summed E-state index contributed by atoms with van der Waals surface area (Å²) in [6.45, 7) is 3.84. The van der Waals surface area contributed by atoms with Gasteiger partial charge >= 0.3 is 5.97 Å². The first-order valence-corrected chi connectivity index (χ1v) is 5.06. The molecule has 4 heteroatoms. The highest BCUT2D eigenvalue weighted by atomic mass is 16.5. The van der Waals surface area contributed by atoms with E-state index in [1.165, 1.54) is 0 Å². The fourth-order valence-electron chi connectivity index (χ4n) is 1.27. The van der Waals surface area contributed by atoms with Crippen LogP contribution in [0.25, 0.3) is 5.76 Å². The van der Waals surface area contributed by atoms with Crippen LogP contribution >= 0.6 is 0 Å². The zero-order valence-electron chi connectivity index (χ0n) is 9.98. The van der Waals surface area contributed by atoms with Gasteiger partial charge in [-0.1, -0.05) is 12.1 Å². The number of carbonyl (C=O) groups excluding carboxylic acids is 2. The quantitative estimate of drug-likeness (QED) is 0.376. The SMILES string of the molecule is COC(=O)C(=O)C=C(O)c1ccc(C)c(C)c1. The molecule has 90 valence electrons. The molecule has 0 atom stereocenters. The van der Waals surface area contributed by atoms with E-state index in [9.17, 15) is 14.7 Å². The van der Waals surface area contributed by atoms with Gasteiger partial charge in [0.2, 0.25) is 0 Å². The Labute approximate surface area is 99.5 Å². The number of hydrogen-bond donors (Lipinski definition) is 1. The number of carbonyl (C=O) groups is 2.